The van der Waals surface area contributed by atoms with Crippen LogP contribution in [0.1, 0.15) is 36.5 Å². The van der Waals surface area contributed by atoms with E-state index >= 15 is 0 Å². The van der Waals surface area contributed by atoms with Gasteiger partial charge in [-0.3, -0.25) is 4.79 Å². The molecule has 126 valence electrons. The summed E-state index contributed by atoms with van der Waals surface area (Å²) >= 11 is 5.95. The van der Waals surface area contributed by atoms with E-state index in [1.807, 2.05) is 31.2 Å². The minimum absolute atomic E-state index is 0.158. The smallest absolute Gasteiger partial charge is 0.265 e. The van der Waals surface area contributed by atoms with Gasteiger partial charge >= 0.3 is 0 Å². The Hall–Kier alpha value is -2.00. The van der Waals surface area contributed by atoms with Crippen molar-refractivity contribution in [2.75, 3.05) is 5.32 Å². The number of hydrogen-bond acceptors (Lipinski definition) is 2. The fourth-order valence-corrected chi connectivity index (χ4v) is 3.33. The van der Waals surface area contributed by atoms with Crippen LogP contribution in [-0.4, -0.2) is 12.0 Å². The molecular formula is C20H22ClNO2. The molecule has 2 aromatic carbocycles. The van der Waals surface area contributed by atoms with Crippen LogP contribution in [0.2, 0.25) is 5.02 Å². The number of nitrogens with one attached hydrogen (secondary N) is 1. The second kappa shape index (κ2) is 7.27. The number of hydrogen-bond donors (Lipinski definition) is 1. The molecule has 0 aromatic heterocycles. The maximum Gasteiger partial charge on any atom is 0.265 e. The monoisotopic (exact) mass is 343 g/mol. The number of rotatable bonds is 4. The van der Waals surface area contributed by atoms with Crippen molar-refractivity contribution in [3.8, 4) is 5.75 Å². The molecule has 0 spiro atoms. The molecule has 1 amide bonds. The van der Waals surface area contributed by atoms with Gasteiger partial charge in [0.1, 0.15) is 5.75 Å². The quantitative estimate of drug-likeness (QED) is 0.854. The fourth-order valence-electron chi connectivity index (χ4n) is 3.10. The van der Waals surface area contributed by atoms with E-state index in [4.69, 9.17) is 16.3 Å². The molecule has 0 unspecified atom stereocenters. The molecule has 1 N–H and O–H groups in total. The van der Waals surface area contributed by atoms with Crippen molar-refractivity contribution >= 4 is 23.2 Å². The van der Waals surface area contributed by atoms with E-state index in [9.17, 15) is 4.79 Å². The van der Waals surface area contributed by atoms with Crippen LogP contribution in [0.15, 0.2) is 36.4 Å². The highest BCUT2D eigenvalue weighted by Crippen LogP contribution is 2.30. The minimum atomic E-state index is -0.562. The molecule has 1 atom stereocenters. The third-order valence-electron chi connectivity index (χ3n) is 4.47. The molecule has 0 saturated heterocycles. The zero-order chi connectivity index (χ0) is 17.1. The van der Waals surface area contributed by atoms with Crippen LogP contribution in [0.25, 0.3) is 0 Å². The molecule has 1 aliphatic carbocycles. The van der Waals surface area contributed by atoms with Crippen molar-refractivity contribution in [2.24, 2.45) is 0 Å². The second-order valence-corrected chi connectivity index (χ2v) is 6.75. The van der Waals surface area contributed by atoms with E-state index in [2.05, 4.69) is 11.4 Å². The van der Waals surface area contributed by atoms with Crippen LogP contribution in [0.5, 0.6) is 5.75 Å². The van der Waals surface area contributed by atoms with Gasteiger partial charge < -0.3 is 10.1 Å². The summed E-state index contributed by atoms with van der Waals surface area (Å²) in [4.78, 5) is 12.5. The Morgan fingerprint density at radius 1 is 1.21 bits per heavy atom. The number of carbonyl (C=O) groups is 1. The Kier molecular flexibility index (Phi) is 5.10. The molecule has 3 nitrogen and oxygen atoms in total. The van der Waals surface area contributed by atoms with Gasteiger partial charge in [-0.25, -0.2) is 0 Å². The van der Waals surface area contributed by atoms with E-state index in [0.29, 0.717) is 5.02 Å². The molecule has 4 heteroatoms. The van der Waals surface area contributed by atoms with Crippen LogP contribution in [0.4, 0.5) is 5.69 Å². The maximum absolute atomic E-state index is 12.5. The predicted molar refractivity (Wildman–Crippen MR) is 98.0 cm³/mol. The molecule has 2 aromatic rings. The molecule has 0 aliphatic heterocycles. The van der Waals surface area contributed by atoms with Gasteiger partial charge in [-0.05, 0) is 80.5 Å². The molecule has 24 heavy (non-hydrogen) atoms. The SMILES string of the molecule is Cc1cc(Cl)ccc1NC(=O)[C@@H](C)Oc1cccc2c1CCCC2. The van der Waals surface area contributed by atoms with Crippen molar-refractivity contribution < 1.29 is 9.53 Å². The lowest BCUT2D eigenvalue weighted by molar-refractivity contribution is -0.122. The summed E-state index contributed by atoms with van der Waals surface area (Å²) in [5, 5.41) is 3.57. The first-order valence-corrected chi connectivity index (χ1v) is 8.77. The first-order valence-electron chi connectivity index (χ1n) is 8.39. The largest absolute Gasteiger partial charge is 0.481 e. The van der Waals surface area contributed by atoms with Gasteiger partial charge in [-0.1, -0.05) is 23.7 Å². The van der Waals surface area contributed by atoms with Crippen molar-refractivity contribution in [2.45, 2.75) is 45.6 Å². The van der Waals surface area contributed by atoms with Crippen LogP contribution in [0, 0.1) is 6.92 Å². The predicted octanol–water partition coefficient (Wildman–Crippen LogP) is 4.93. The lowest BCUT2D eigenvalue weighted by atomic mass is 9.91. The second-order valence-electron chi connectivity index (χ2n) is 6.31. The van der Waals surface area contributed by atoms with Gasteiger partial charge in [0.15, 0.2) is 6.10 Å². The van der Waals surface area contributed by atoms with Gasteiger partial charge in [0.05, 0.1) is 0 Å². The number of anilines is 1. The summed E-state index contributed by atoms with van der Waals surface area (Å²) in [6, 6.07) is 11.5. The van der Waals surface area contributed by atoms with Gasteiger partial charge in [0, 0.05) is 10.7 Å². The Morgan fingerprint density at radius 3 is 2.79 bits per heavy atom. The van der Waals surface area contributed by atoms with E-state index in [0.717, 1.165) is 29.8 Å². The summed E-state index contributed by atoms with van der Waals surface area (Å²) in [7, 11) is 0. The highest BCUT2D eigenvalue weighted by molar-refractivity contribution is 6.30. The molecule has 0 fully saturated rings. The number of ether oxygens (including phenoxy) is 1. The highest BCUT2D eigenvalue weighted by Gasteiger charge is 2.19. The third kappa shape index (κ3) is 3.73. The number of benzene rings is 2. The standard InChI is InChI=1S/C20H22ClNO2/c1-13-12-16(21)10-11-18(13)22-20(23)14(2)24-19-9-5-7-15-6-3-4-8-17(15)19/h5,7,9-12,14H,3-4,6,8H2,1-2H3,(H,22,23)/t14-/m1/s1. The van der Waals surface area contributed by atoms with Gasteiger partial charge in [-0.2, -0.15) is 0 Å². The normalized spacial score (nSPS) is 14.6. The van der Waals surface area contributed by atoms with Crippen LogP contribution >= 0.6 is 11.6 Å². The molecule has 0 saturated carbocycles. The summed E-state index contributed by atoms with van der Waals surface area (Å²) in [6.07, 6.45) is 3.96. The van der Waals surface area contributed by atoms with Crippen molar-refractivity contribution in [1.82, 2.24) is 0 Å². The Morgan fingerprint density at radius 2 is 2.00 bits per heavy atom. The Labute approximate surface area is 148 Å². The van der Waals surface area contributed by atoms with Gasteiger partial charge in [-0.15, -0.1) is 0 Å². The highest BCUT2D eigenvalue weighted by atomic mass is 35.5. The minimum Gasteiger partial charge on any atom is -0.481 e. The lowest BCUT2D eigenvalue weighted by Gasteiger charge is -2.22. The number of halogens is 1. The lowest BCUT2D eigenvalue weighted by Crippen LogP contribution is -2.30. The average Bonchev–Trinajstić information content (AvgIpc) is 2.57. The summed E-state index contributed by atoms with van der Waals surface area (Å²) in [5.74, 6) is 0.677. The number of aryl methyl sites for hydroxylation is 2. The number of fused-ring (bicyclic) bond motifs is 1. The summed E-state index contributed by atoms with van der Waals surface area (Å²) in [5.41, 5.74) is 4.29. The Balaban J connectivity index is 1.71. The van der Waals surface area contributed by atoms with Crippen LogP contribution in [-0.2, 0) is 17.6 Å². The molecule has 3 rings (SSSR count). The maximum atomic E-state index is 12.5. The Bertz CT molecular complexity index is 757. The first kappa shape index (κ1) is 16.8. The van der Waals surface area contributed by atoms with Crippen molar-refractivity contribution in [1.29, 1.82) is 0 Å². The number of carbonyl (C=O) groups excluding carboxylic acids is 1. The molecule has 0 bridgehead atoms. The van der Waals surface area contributed by atoms with Gasteiger partial charge in [0.25, 0.3) is 5.91 Å². The van der Waals surface area contributed by atoms with E-state index in [-0.39, 0.29) is 5.91 Å². The zero-order valence-corrected chi connectivity index (χ0v) is 14.8. The van der Waals surface area contributed by atoms with Gasteiger partial charge in [0.2, 0.25) is 0 Å². The van der Waals surface area contributed by atoms with Crippen molar-refractivity contribution in [3.05, 3.63) is 58.1 Å². The average molecular weight is 344 g/mol. The van der Waals surface area contributed by atoms with E-state index in [1.54, 1.807) is 13.0 Å². The zero-order valence-electron chi connectivity index (χ0n) is 14.1. The third-order valence-corrected chi connectivity index (χ3v) is 4.71. The van der Waals surface area contributed by atoms with E-state index < -0.39 is 6.10 Å². The van der Waals surface area contributed by atoms with Crippen molar-refractivity contribution in [3.63, 3.8) is 0 Å². The summed E-state index contributed by atoms with van der Waals surface area (Å²) < 4.78 is 5.97. The summed E-state index contributed by atoms with van der Waals surface area (Å²) in [6.45, 7) is 3.70. The fraction of sp³-hybridized carbons (Fsp3) is 0.350. The van der Waals surface area contributed by atoms with Crippen LogP contribution in [0.3, 0.4) is 0 Å². The first-order chi connectivity index (χ1) is 11.5. The topological polar surface area (TPSA) is 38.3 Å². The molecule has 1 aliphatic rings. The molecular weight excluding hydrogens is 322 g/mol. The number of amides is 1. The van der Waals surface area contributed by atoms with Crippen LogP contribution < -0.4 is 10.1 Å². The molecule has 0 heterocycles. The molecule has 0 radical (unpaired) electrons. The van der Waals surface area contributed by atoms with E-state index in [1.165, 1.54) is 24.0 Å².